The molecular weight excluding hydrogens is 168 g/mol. The van der Waals surface area contributed by atoms with Crippen LogP contribution in [0.2, 0.25) is 0 Å². The van der Waals surface area contributed by atoms with E-state index in [9.17, 15) is 4.79 Å². The van der Waals surface area contributed by atoms with E-state index >= 15 is 0 Å². The van der Waals surface area contributed by atoms with Crippen LogP contribution in [0.3, 0.4) is 0 Å². The fourth-order valence-corrected chi connectivity index (χ4v) is 0.752. The Bertz CT molecular complexity index is 94.1. The Morgan fingerprint density at radius 3 is 2.36 bits per heavy atom. The third-order valence-electron chi connectivity index (χ3n) is 1.29. The molecule has 0 spiro atoms. The maximum atomic E-state index is 10.7. The van der Waals surface area contributed by atoms with Crippen molar-refractivity contribution in [3.8, 4) is 0 Å². The molecule has 60 valence electrons. The summed E-state index contributed by atoms with van der Waals surface area (Å²) in [7, 11) is 0. The van der Waals surface area contributed by atoms with Gasteiger partial charge in [-0.3, -0.25) is 4.79 Å². The quantitative estimate of drug-likeness (QED) is 0.369. The van der Waals surface area contributed by atoms with Crippen LogP contribution in [0.5, 0.6) is 0 Å². The zero-order valence-electron chi connectivity index (χ0n) is 7.56. The van der Waals surface area contributed by atoms with Crippen molar-refractivity contribution < 1.29 is 9.53 Å². The van der Waals surface area contributed by atoms with Crippen LogP contribution in [0.1, 0.15) is 39.5 Å². The van der Waals surface area contributed by atoms with Crippen LogP contribution in [0.4, 0.5) is 0 Å². The molecule has 0 rings (SSSR count). The average molecular weight is 184 g/mol. The molecule has 0 aromatic rings. The first-order valence-electron chi connectivity index (χ1n) is 3.96. The van der Waals surface area contributed by atoms with Crippen molar-refractivity contribution in [3.63, 3.8) is 0 Å². The summed E-state index contributed by atoms with van der Waals surface area (Å²) >= 11 is 0. The summed E-state index contributed by atoms with van der Waals surface area (Å²) in [5.74, 6) is -0.0593. The first kappa shape index (κ1) is 14.3. The van der Waals surface area contributed by atoms with Gasteiger partial charge in [-0.15, -0.1) is 0 Å². The number of esters is 1. The molecule has 0 fully saturated rings. The normalized spacial score (nSPS) is 8.55. The molecule has 0 aromatic heterocycles. The van der Waals surface area contributed by atoms with Crippen LogP contribution < -0.4 is 0 Å². The molecule has 0 radical (unpaired) electrons. The van der Waals surface area contributed by atoms with Crippen LogP contribution in [-0.2, 0) is 9.53 Å². The second-order valence-electron chi connectivity index (χ2n) is 2.26. The molecule has 0 N–H and O–H groups in total. The maximum absolute atomic E-state index is 10.7. The van der Waals surface area contributed by atoms with E-state index in [-0.39, 0.29) is 43.7 Å². The number of rotatable bonds is 5. The van der Waals surface area contributed by atoms with Crippen LogP contribution in [-0.4, -0.2) is 50.3 Å². The Morgan fingerprint density at radius 2 is 1.91 bits per heavy atom. The van der Waals surface area contributed by atoms with Crippen molar-refractivity contribution in [2.75, 3.05) is 6.61 Å². The summed E-state index contributed by atoms with van der Waals surface area (Å²) in [6, 6.07) is 0. The summed E-state index contributed by atoms with van der Waals surface area (Å²) in [5, 5.41) is 0. The molecule has 0 aliphatic heterocycles. The molecule has 0 saturated carbocycles. The van der Waals surface area contributed by atoms with Crippen LogP contribution in [0, 0.1) is 0 Å². The Balaban J connectivity index is 0. The summed E-state index contributed by atoms with van der Waals surface area (Å²) in [4.78, 5) is 10.7. The average Bonchev–Trinajstić information content (AvgIpc) is 1.89. The smallest absolute Gasteiger partial charge is 0.466 e. The van der Waals surface area contributed by atoms with E-state index in [0.717, 1.165) is 19.3 Å². The second kappa shape index (κ2) is 10.7. The molecule has 2 nitrogen and oxygen atoms in total. The Labute approximate surface area is 98.7 Å². The second-order valence-corrected chi connectivity index (χ2v) is 2.26. The van der Waals surface area contributed by atoms with Crippen molar-refractivity contribution in [2.24, 2.45) is 0 Å². The molecule has 0 aromatic carbocycles. The largest absolute Gasteiger partial charge is 2.00 e. The van der Waals surface area contributed by atoms with Crippen LogP contribution >= 0.6 is 0 Å². The third-order valence-corrected chi connectivity index (χ3v) is 1.29. The summed E-state index contributed by atoms with van der Waals surface area (Å²) in [6.07, 6.45) is 3.83. The molecule has 0 unspecified atom stereocenters. The minimum Gasteiger partial charge on any atom is -0.466 e. The van der Waals surface area contributed by atoms with Gasteiger partial charge in [-0.25, -0.2) is 0 Å². The molecular formula is C8H16CaO2+2. The summed E-state index contributed by atoms with van der Waals surface area (Å²) in [6.45, 7) is 4.45. The van der Waals surface area contributed by atoms with E-state index in [1.165, 1.54) is 0 Å². The molecule has 0 bridgehead atoms. The predicted octanol–water partition coefficient (Wildman–Crippen LogP) is 1.75. The van der Waals surface area contributed by atoms with Gasteiger partial charge in [0.05, 0.1) is 6.61 Å². The zero-order valence-corrected chi connectivity index (χ0v) is 9.77. The topological polar surface area (TPSA) is 26.3 Å². The fourth-order valence-electron chi connectivity index (χ4n) is 0.752. The van der Waals surface area contributed by atoms with Gasteiger partial charge in [0.1, 0.15) is 0 Å². The molecule has 0 aliphatic carbocycles. The Kier molecular flexibility index (Phi) is 13.9. The first-order chi connectivity index (χ1) is 4.81. The van der Waals surface area contributed by atoms with Gasteiger partial charge in [-0.1, -0.05) is 19.8 Å². The Hall–Kier alpha value is 0.730. The van der Waals surface area contributed by atoms with Crippen molar-refractivity contribution >= 4 is 43.7 Å². The minimum atomic E-state index is -0.0593. The van der Waals surface area contributed by atoms with Crippen molar-refractivity contribution in [1.29, 1.82) is 0 Å². The third kappa shape index (κ3) is 10.7. The van der Waals surface area contributed by atoms with Crippen molar-refractivity contribution in [1.82, 2.24) is 0 Å². The molecule has 0 atom stereocenters. The molecule has 0 heterocycles. The fraction of sp³-hybridized carbons (Fsp3) is 0.875. The molecule has 0 saturated heterocycles. The molecule has 0 amide bonds. The van der Waals surface area contributed by atoms with Gasteiger partial charge in [0.15, 0.2) is 0 Å². The van der Waals surface area contributed by atoms with Gasteiger partial charge >= 0.3 is 43.7 Å². The van der Waals surface area contributed by atoms with E-state index in [1.807, 2.05) is 6.92 Å². The summed E-state index contributed by atoms with van der Waals surface area (Å²) < 4.78 is 4.75. The van der Waals surface area contributed by atoms with E-state index in [0.29, 0.717) is 13.0 Å². The predicted molar refractivity (Wildman–Crippen MR) is 46.5 cm³/mol. The number of carbonyl (C=O) groups excluding carboxylic acids is 1. The maximum Gasteiger partial charge on any atom is 2.00 e. The van der Waals surface area contributed by atoms with Crippen molar-refractivity contribution in [2.45, 2.75) is 39.5 Å². The Morgan fingerprint density at radius 1 is 1.27 bits per heavy atom. The number of ether oxygens (including phenoxy) is 1. The number of hydrogen-bond acceptors (Lipinski definition) is 2. The molecule has 3 heteroatoms. The van der Waals surface area contributed by atoms with Crippen LogP contribution in [0.25, 0.3) is 0 Å². The van der Waals surface area contributed by atoms with Crippen molar-refractivity contribution in [3.05, 3.63) is 0 Å². The van der Waals surface area contributed by atoms with Gasteiger partial charge in [0.25, 0.3) is 0 Å². The monoisotopic (exact) mass is 184 g/mol. The van der Waals surface area contributed by atoms with E-state index < -0.39 is 0 Å². The standard InChI is InChI=1S/C8H16O2.Ca/c1-3-5-6-7-8(9)10-4-2;/h3-7H2,1-2H3;/q;+2. The van der Waals surface area contributed by atoms with Gasteiger partial charge < -0.3 is 4.74 Å². The first-order valence-corrected chi connectivity index (χ1v) is 3.96. The van der Waals surface area contributed by atoms with Crippen LogP contribution in [0.15, 0.2) is 0 Å². The SMILES string of the molecule is CCCCCC(=O)OCC.[Ca+2]. The minimum absolute atomic E-state index is 0. The number of unbranched alkanes of at least 4 members (excludes halogenated alkanes) is 2. The molecule has 0 aliphatic rings. The van der Waals surface area contributed by atoms with E-state index in [4.69, 9.17) is 4.74 Å². The number of hydrogen-bond donors (Lipinski definition) is 0. The number of carbonyl (C=O) groups is 1. The van der Waals surface area contributed by atoms with Gasteiger partial charge in [-0.05, 0) is 13.3 Å². The zero-order chi connectivity index (χ0) is 7.82. The summed E-state index contributed by atoms with van der Waals surface area (Å²) in [5.41, 5.74) is 0. The van der Waals surface area contributed by atoms with Gasteiger partial charge in [0, 0.05) is 6.42 Å². The van der Waals surface area contributed by atoms with Gasteiger partial charge in [0.2, 0.25) is 0 Å². The van der Waals surface area contributed by atoms with E-state index in [2.05, 4.69) is 6.92 Å². The van der Waals surface area contributed by atoms with E-state index in [1.54, 1.807) is 0 Å². The van der Waals surface area contributed by atoms with Gasteiger partial charge in [-0.2, -0.15) is 0 Å². The molecule has 11 heavy (non-hydrogen) atoms.